The lowest BCUT2D eigenvalue weighted by Gasteiger charge is -2.14. The van der Waals surface area contributed by atoms with Gasteiger partial charge >= 0.3 is 5.69 Å². The molecule has 1 N–H and O–H groups in total. The van der Waals surface area contributed by atoms with Crippen LogP contribution < -0.4 is 26.0 Å². The van der Waals surface area contributed by atoms with Crippen LogP contribution in [0.4, 0.5) is 5.69 Å². The predicted octanol–water partition coefficient (Wildman–Crippen LogP) is 2.39. The highest BCUT2D eigenvalue weighted by Gasteiger charge is 2.19. The van der Waals surface area contributed by atoms with Crippen molar-refractivity contribution in [2.45, 2.75) is 33.5 Å². The Bertz CT molecular complexity index is 1500. The number of hydrogen-bond donors (Lipinski definition) is 1. The Labute approximate surface area is 201 Å². The number of fused-ring (bicyclic) bond motifs is 1. The molecule has 35 heavy (non-hydrogen) atoms. The molecule has 1 amide bonds. The van der Waals surface area contributed by atoms with E-state index >= 15 is 0 Å². The molecule has 0 aliphatic carbocycles. The SMILES string of the molecule is CCn1cc2c(n1)c(=O)n(Cc1ccc(C)cc1)c(=O)n2CC(=O)Nc1ccc(OC)cc1OC. The predicted molar refractivity (Wildman–Crippen MR) is 132 cm³/mol. The Hall–Kier alpha value is -4.34. The molecule has 0 unspecified atom stereocenters. The van der Waals surface area contributed by atoms with Gasteiger partial charge in [0.1, 0.15) is 18.0 Å². The van der Waals surface area contributed by atoms with Gasteiger partial charge < -0.3 is 14.8 Å². The van der Waals surface area contributed by atoms with Crippen molar-refractivity contribution in [1.29, 1.82) is 0 Å². The molecule has 4 aromatic rings. The molecule has 0 atom stereocenters. The molecule has 0 bridgehead atoms. The van der Waals surface area contributed by atoms with Crippen molar-refractivity contribution in [1.82, 2.24) is 18.9 Å². The molecule has 2 aromatic carbocycles. The first-order valence-corrected chi connectivity index (χ1v) is 11.1. The third-order valence-electron chi connectivity index (χ3n) is 5.71. The topological polar surface area (TPSA) is 109 Å². The minimum absolute atomic E-state index is 0.0702. The van der Waals surface area contributed by atoms with Crippen LogP contribution in [-0.2, 0) is 24.4 Å². The van der Waals surface area contributed by atoms with Gasteiger partial charge in [0.25, 0.3) is 5.56 Å². The standard InChI is InChI=1S/C25H27N5O5/c1-5-28-14-20-23(27-28)24(32)30(13-17-8-6-16(2)7-9-17)25(33)29(20)15-22(31)26-19-11-10-18(34-3)12-21(19)35-4/h6-12,14H,5,13,15H2,1-4H3,(H,26,31). The Morgan fingerprint density at radius 1 is 1.03 bits per heavy atom. The molecule has 2 aromatic heterocycles. The van der Waals surface area contributed by atoms with Crippen LogP contribution >= 0.6 is 0 Å². The van der Waals surface area contributed by atoms with Crippen molar-refractivity contribution in [2.75, 3.05) is 19.5 Å². The largest absolute Gasteiger partial charge is 0.497 e. The first kappa shape index (κ1) is 23.8. The van der Waals surface area contributed by atoms with Gasteiger partial charge in [0.05, 0.1) is 32.0 Å². The molecule has 10 heteroatoms. The fourth-order valence-electron chi connectivity index (χ4n) is 3.79. The van der Waals surface area contributed by atoms with Crippen molar-refractivity contribution >= 4 is 22.6 Å². The van der Waals surface area contributed by atoms with E-state index < -0.39 is 17.2 Å². The molecule has 2 heterocycles. The fraction of sp³-hybridized carbons (Fsp3) is 0.280. The van der Waals surface area contributed by atoms with Crippen LogP contribution in [0.1, 0.15) is 18.1 Å². The number of amides is 1. The number of nitrogens with one attached hydrogen (secondary N) is 1. The van der Waals surface area contributed by atoms with Gasteiger partial charge in [-0.2, -0.15) is 5.10 Å². The lowest BCUT2D eigenvalue weighted by Crippen LogP contribution is -2.41. The second kappa shape index (κ2) is 9.88. The van der Waals surface area contributed by atoms with Gasteiger partial charge in [-0.15, -0.1) is 0 Å². The van der Waals surface area contributed by atoms with E-state index in [1.54, 1.807) is 29.1 Å². The minimum atomic E-state index is -0.587. The van der Waals surface area contributed by atoms with Crippen LogP contribution in [0.5, 0.6) is 11.5 Å². The zero-order valence-corrected chi connectivity index (χ0v) is 20.1. The van der Waals surface area contributed by atoms with Crippen LogP contribution in [-0.4, -0.2) is 39.0 Å². The van der Waals surface area contributed by atoms with Crippen molar-refractivity contribution < 1.29 is 14.3 Å². The molecule has 0 saturated heterocycles. The summed E-state index contributed by atoms with van der Waals surface area (Å²) in [5.41, 5.74) is 1.65. The van der Waals surface area contributed by atoms with E-state index in [-0.39, 0.29) is 18.6 Å². The number of nitrogens with zero attached hydrogens (tertiary/aromatic N) is 4. The van der Waals surface area contributed by atoms with Crippen LogP contribution in [0.15, 0.2) is 58.3 Å². The van der Waals surface area contributed by atoms with Gasteiger partial charge in [0, 0.05) is 18.8 Å². The summed E-state index contributed by atoms with van der Waals surface area (Å²) in [6, 6.07) is 12.5. The molecule has 0 aliphatic rings. The van der Waals surface area contributed by atoms with E-state index in [0.29, 0.717) is 29.2 Å². The zero-order valence-electron chi connectivity index (χ0n) is 20.1. The highest BCUT2D eigenvalue weighted by atomic mass is 16.5. The summed E-state index contributed by atoms with van der Waals surface area (Å²) < 4.78 is 14.5. The smallest absolute Gasteiger partial charge is 0.332 e. The molecule has 0 radical (unpaired) electrons. The molecule has 0 fully saturated rings. The van der Waals surface area contributed by atoms with E-state index in [4.69, 9.17) is 9.47 Å². The highest BCUT2D eigenvalue weighted by molar-refractivity contribution is 5.93. The van der Waals surface area contributed by atoms with Crippen molar-refractivity contribution in [3.63, 3.8) is 0 Å². The maximum Gasteiger partial charge on any atom is 0.332 e. The molecule has 0 spiro atoms. The number of methoxy groups -OCH3 is 2. The van der Waals surface area contributed by atoms with Crippen molar-refractivity contribution in [2.24, 2.45) is 0 Å². The summed E-state index contributed by atoms with van der Waals surface area (Å²) in [6.07, 6.45) is 1.61. The maximum absolute atomic E-state index is 13.4. The van der Waals surface area contributed by atoms with Gasteiger partial charge in [-0.05, 0) is 31.5 Å². The lowest BCUT2D eigenvalue weighted by atomic mass is 10.1. The first-order chi connectivity index (χ1) is 16.8. The molecule has 182 valence electrons. The fourth-order valence-corrected chi connectivity index (χ4v) is 3.79. The molecule has 0 aliphatic heterocycles. The average molecular weight is 478 g/mol. The molecular weight excluding hydrogens is 450 g/mol. The van der Waals surface area contributed by atoms with Gasteiger partial charge in [0.15, 0.2) is 5.52 Å². The number of anilines is 1. The lowest BCUT2D eigenvalue weighted by molar-refractivity contribution is -0.116. The van der Waals surface area contributed by atoms with E-state index in [2.05, 4.69) is 10.4 Å². The number of benzene rings is 2. The number of carbonyl (C=O) groups excluding carboxylic acids is 1. The molecule has 10 nitrogen and oxygen atoms in total. The van der Waals surface area contributed by atoms with E-state index in [9.17, 15) is 14.4 Å². The van der Waals surface area contributed by atoms with E-state index in [0.717, 1.165) is 15.7 Å². The number of rotatable bonds is 8. The number of ether oxygens (including phenoxy) is 2. The average Bonchev–Trinajstić information content (AvgIpc) is 3.30. The quantitative estimate of drug-likeness (QED) is 0.417. The third kappa shape index (κ3) is 4.81. The van der Waals surface area contributed by atoms with Crippen molar-refractivity contribution in [3.8, 4) is 11.5 Å². The number of carbonyl (C=O) groups is 1. The molecular formula is C25H27N5O5. The summed E-state index contributed by atoms with van der Waals surface area (Å²) >= 11 is 0. The van der Waals surface area contributed by atoms with Gasteiger partial charge in [0.2, 0.25) is 5.91 Å². The highest BCUT2D eigenvalue weighted by Crippen LogP contribution is 2.29. The Balaban J connectivity index is 1.74. The van der Waals surface area contributed by atoms with Gasteiger partial charge in [-0.1, -0.05) is 29.8 Å². The Kier molecular flexibility index (Phi) is 6.72. The maximum atomic E-state index is 13.4. The summed E-state index contributed by atoms with van der Waals surface area (Å²) in [5, 5.41) is 7.11. The van der Waals surface area contributed by atoms with E-state index in [1.165, 1.54) is 18.8 Å². The van der Waals surface area contributed by atoms with Crippen molar-refractivity contribution in [3.05, 3.63) is 80.6 Å². The Morgan fingerprint density at radius 3 is 2.43 bits per heavy atom. The van der Waals surface area contributed by atoms with Crippen LogP contribution in [0.25, 0.3) is 11.0 Å². The van der Waals surface area contributed by atoms with Gasteiger partial charge in [-0.25, -0.2) is 4.79 Å². The minimum Gasteiger partial charge on any atom is -0.497 e. The molecule has 4 rings (SSSR count). The monoisotopic (exact) mass is 477 g/mol. The zero-order chi connectivity index (χ0) is 25.1. The summed E-state index contributed by atoms with van der Waals surface area (Å²) in [7, 11) is 3.02. The summed E-state index contributed by atoms with van der Waals surface area (Å²) in [6.45, 7) is 4.11. The van der Waals surface area contributed by atoms with Crippen LogP contribution in [0.2, 0.25) is 0 Å². The van der Waals surface area contributed by atoms with Gasteiger partial charge in [-0.3, -0.25) is 23.4 Å². The summed E-state index contributed by atoms with van der Waals surface area (Å²) in [5.74, 6) is 0.535. The molecule has 0 saturated carbocycles. The van der Waals surface area contributed by atoms with Crippen LogP contribution in [0.3, 0.4) is 0 Å². The van der Waals surface area contributed by atoms with E-state index in [1.807, 2.05) is 38.1 Å². The Morgan fingerprint density at radius 2 is 1.77 bits per heavy atom. The second-order valence-corrected chi connectivity index (χ2v) is 8.08. The number of aryl methyl sites for hydroxylation is 2. The normalized spacial score (nSPS) is 11.0. The number of hydrogen-bond acceptors (Lipinski definition) is 6. The first-order valence-electron chi connectivity index (χ1n) is 11.1. The third-order valence-corrected chi connectivity index (χ3v) is 5.71. The summed E-state index contributed by atoms with van der Waals surface area (Å²) in [4.78, 5) is 39.6. The second-order valence-electron chi connectivity index (χ2n) is 8.08. The number of aromatic nitrogens is 4. The van der Waals surface area contributed by atoms with Crippen LogP contribution in [0, 0.1) is 6.92 Å².